The van der Waals surface area contributed by atoms with E-state index >= 15 is 0 Å². The van der Waals surface area contributed by atoms with E-state index in [9.17, 15) is 4.79 Å². The molecule has 5 heteroatoms. The summed E-state index contributed by atoms with van der Waals surface area (Å²) >= 11 is 0. The molecule has 2 atom stereocenters. The molecule has 0 radical (unpaired) electrons. The molecule has 2 aliphatic rings. The summed E-state index contributed by atoms with van der Waals surface area (Å²) in [6.07, 6.45) is 0.909. The molecule has 0 aromatic rings. The van der Waals surface area contributed by atoms with Crippen LogP contribution >= 0.6 is 0 Å². The van der Waals surface area contributed by atoms with Crippen LogP contribution in [0.3, 0.4) is 0 Å². The maximum Gasteiger partial charge on any atom is 0.410 e. The topological polar surface area (TPSA) is 64.8 Å². The predicted molar refractivity (Wildman–Crippen MR) is 63.6 cm³/mol. The van der Waals surface area contributed by atoms with Gasteiger partial charge in [-0.2, -0.15) is 0 Å². The molecule has 1 amide bonds. The molecule has 2 aliphatic heterocycles. The average Bonchev–Trinajstić information content (AvgIpc) is 2.45. The monoisotopic (exact) mass is 242 g/mol. The average molecular weight is 242 g/mol. The Labute approximate surface area is 102 Å². The van der Waals surface area contributed by atoms with Gasteiger partial charge in [0, 0.05) is 25.0 Å². The highest BCUT2D eigenvalue weighted by molar-refractivity contribution is 5.69. The molecule has 0 spiro atoms. The van der Waals surface area contributed by atoms with E-state index in [1.54, 1.807) is 4.90 Å². The van der Waals surface area contributed by atoms with Gasteiger partial charge in [0.1, 0.15) is 5.60 Å². The standard InChI is InChI=1S/C12H22N2O3/c1-12(2,3)17-11(15)14-5-8(6-14)10-4-9(13)7-16-10/h8-10H,4-7,13H2,1-3H3. The molecule has 0 bridgehead atoms. The Bertz CT molecular complexity index is 295. The Morgan fingerprint density at radius 2 is 2.06 bits per heavy atom. The van der Waals surface area contributed by atoms with E-state index in [4.69, 9.17) is 15.2 Å². The minimum Gasteiger partial charge on any atom is -0.444 e. The van der Waals surface area contributed by atoms with Gasteiger partial charge in [0.25, 0.3) is 0 Å². The molecular formula is C12H22N2O3. The lowest BCUT2D eigenvalue weighted by Gasteiger charge is -2.42. The van der Waals surface area contributed by atoms with Gasteiger partial charge in [0.05, 0.1) is 12.7 Å². The molecule has 98 valence electrons. The normalized spacial score (nSPS) is 30.2. The molecule has 2 N–H and O–H groups in total. The number of amides is 1. The van der Waals surface area contributed by atoms with Gasteiger partial charge in [-0.05, 0) is 27.2 Å². The summed E-state index contributed by atoms with van der Waals surface area (Å²) in [5, 5.41) is 0. The lowest BCUT2D eigenvalue weighted by molar-refractivity contribution is -0.0378. The van der Waals surface area contributed by atoms with E-state index in [1.165, 1.54) is 0 Å². The number of hydrogen-bond acceptors (Lipinski definition) is 4. The zero-order valence-corrected chi connectivity index (χ0v) is 10.8. The highest BCUT2D eigenvalue weighted by Gasteiger charge is 2.41. The number of rotatable bonds is 1. The number of likely N-dealkylation sites (tertiary alicyclic amines) is 1. The van der Waals surface area contributed by atoms with Crippen LogP contribution in [0, 0.1) is 5.92 Å². The van der Waals surface area contributed by atoms with Gasteiger partial charge >= 0.3 is 6.09 Å². The predicted octanol–water partition coefficient (Wildman–Crippen LogP) is 0.970. The van der Waals surface area contributed by atoms with Crippen LogP contribution in [-0.4, -0.2) is 48.4 Å². The first-order valence-corrected chi connectivity index (χ1v) is 6.20. The molecule has 2 rings (SSSR count). The van der Waals surface area contributed by atoms with Gasteiger partial charge in [0.2, 0.25) is 0 Å². The van der Waals surface area contributed by atoms with Gasteiger partial charge in [-0.3, -0.25) is 0 Å². The minimum atomic E-state index is -0.422. The molecule has 0 aliphatic carbocycles. The van der Waals surface area contributed by atoms with Crippen molar-refractivity contribution in [1.82, 2.24) is 4.90 Å². The van der Waals surface area contributed by atoms with E-state index in [0.29, 0.717) is 12.5 Å². The summed E-state index contributed by atoms with van der Waals surface area (Å²) in [7, 11) is 0. The summed E-state index contributed by atoms with van der Waals surface area (Å²) in [4.78, 5) is 13.4. The van der Waals surface area contributed by atoms with Crippen molar-refractivity contribution in [3.8, 4) is 0 Å². The molecule has 17 heavy (non-hydrogen) atoms. The second kappa shape index (κ2) is 4.46. The van der Waals surface area contributed by atoms with Gasteiger partial charge in [-0.25, -0.2) is 4.79 Å². The van der Waals surface area contributed by atoms with E-state index in [-0.39, 0.29) is 18.2 Å². The zero-order valence-electron chi connectivity index (χ0n) is 10.8. The third-order valence-corrected chi connectivity index (χ3v) is 3.15. The number of carbonyl (C=O) groups is 1. The number of ether oxygens (including phenoxy) is 2. The van der Waals surface area contributed by atoms with Crippen LogP contribution in [0.1, 0.15) is 27.2 Å². The smallest absolute Gasteiger partial charge is 0.410 e. The zero-order chi connectivity index (χ0) is 12.6. The highest BCUT2D eigenvalue weighted by atomic mass is 16.6. The fourth-order valence-electron chi connectivity index (χ4n) is 2.23. The lowest BCUT2D eigenvalue weighted by atomic mass is 9.92. The van der Waals surface area contributed by atoms with Crippen molar-refractivity contribution in [2.45, 2.75) is 44.9 Å². The van der Waals surface area contributed by atoms with Crippen LogP contribution in [0.25, 0.3) is 0 Å². The Morgan fingerprint density at radius 3 is 2.53 bits per heavy atom. The molecule has 2 fully saturated rings. The molecular weight excluding hydrogens is 220 g/mol. The van der Waals surface area contributed by atoms with E-state index in [0.717, 1.165) is 19.5 Å². The van der Waals surface area contributed by atoms with Crippen LogP contribution in [0.4, 0.5) is 4.79 Å². The van der Waals surface area contributed by atoms with Crippen molar-refractivity contribution in [3.63, 3.8) is 0 Å². The molecule has 2 unspecified atom stereocenters. The molecule has 5 nitrogen and oxygen atoms in total. The van der Waals surface area contributed by atoms with Crippen molar-refractivity contribution in [3.05, 3.63) is 0 Å². The van der Waals surface area contributed by atoms with Gasteiger partial charge in [-0.1, -0.05) is 0 Å². The van der Waals surface area contributed by atoms with Crippen molar-refractivity contribution >= 4 is 6.09 Å². The minimum absolute atomic E-state index is 0.163. The molecule has 0 aromatic carbocycles. The summed E-state index contributed by atoms with van der Waals surface area (Å²) in [6, 6.07) is 0.163. The summed E-state index contributed by atoms with van der Waals surface area (Å²) in [5.41, 5.74) is 5.37. The van der Waals surface area contributed by atoms with Crippen molar-refractivity contribution in [2.75, 3.05) is 19.7 Å². The first-order chi connectivity index (χ1) is 7.85. The van der Waals surface area contributed by atoms with Gasteiger partial charge in [-0.15, -0.1) is 0 Å². The van der Waals surface area contributed by atoms with Crippen LogP contribution in [0.5, 0.6) is 0 Å². The number of nitrogens with two attached hydrogens (primary N) is 1. The van der Waals surface area contributed by atoms with Crippen LogP contribution < -0.4 is 5.73 Å². The van der Waals surface area contributed by atoms with Crippen LogP contribution in [-0.2, 0) is 9.47 Å². The fourth-order valence-corrected chi connectivity index (χ4v) is 2.23. The van der Waals surface area contributed by atoms with Gasteiger partial charge < -0.3 is 20.1 Å². The second-order valence-electron chi connectivity index (χ2n) is 6.01. The van der Waals surface area contributed by atoms with Gasteiger partial charge in [0.15, 0.2) is 0 Å². The van der Waals surface area contributed by atoms with Crippen molar-refractivity contribution in [2.24, 2.45) is 11.7 Å². The highest BCUT2D eigenvalue weighted by Crippen LogP contribution is 2.28. The molecule has 0 aromatic heterocycles. The summed E-state index contributed by atoms with van der Waals surface area (Å²) < 4.78 is 10.9. The summed E-state index contributed by atoms with van der Waals surface area (Å²) in [6.45, 7) is 7.73. The van der Waals surface area contributed by atoms with Crippen LogP contribution in [0.2, 0.25) is 0 Å². The van der Waals surface area contributed by atoms with Crippen molar-refractivity contribution < 1.29 is 14.3 Å². The maximum absolute atomic E-state index is 11.7. The largest absolute Gasteiger partial charge is 0.444 e. The number of carbonyl (C=O) groups excluding carboxylic acids is 1. The molecule has 2 saturated heterocycles. The maximum atomic E-state index is 11.7. The Hall–Kier alpha value is -0.810. The first kappa shape index (κ1) is 12.6. The quantitative estimate of drug-likeness (QED) is 0.744. The summed E-state index contributed by atoms with van der Waals surface area (Å²) in [5.74, 6) is 0.427. The molecule has 2 heterocycles. The van der Waals surface area contributed by atoms with Crippen LogP contribution in [0.15, 0.2) is 0 Å². The number of nitrogens with zero attached hydrogens (tertiary/aromatic N) is 1. The van der Waals surface area contributed by atoms with E-state index in [1.807, 2.05) is 20.8 Å². The number of hydrogen-bond donors (Lipinski definition) is 1. The Kier molecular flexibility index (Phi) is 3.32. The Balaban J connectivity index is 1.73. The Morgan fingerprint density at radius 1 is 1.41 bits per heavy atom. The second-order valence-corrected chi connectivity index (χ2v) is 6.01. The third-order valence-electron chi connectivity index (χ3n) is 3.15. The SMILES string of the molecule is CC(C)(C)OC(=O)N1CC(C2CC(N)CO2)C1. The first-order valence-electron chi connectivity index (χ1n) is 6.20. The van der Waals surface area contributed by atoms with E-state index < -0.39 is 5.60 Å². The molecule has 0 saturated carbocycles. The third kappa shape index (κ3) is 3.10. The van der Waals surface area contributed by atoms with Crippen molar-refractivity contribution in [1.29, 1.82) is 0 Å². The lowest BCUT2D eigenvalue weighted by Crippen LogP contribution is -2.55. The van der Waals surface area contributed by atoms with E-state index in [2.05, 4.69) is 0 Å². The fraction of sp³-hybridized carbons (Fsp3) is 0.917.